The largest absolute Gasteiger partial charge is 0.396 e. The van der Waals surface area contributed by atoms with Crippen molar-refractivity contribution < 1.29 is 9.90 Å². The highest BCUT2D eigenvalue weighted by atomic mass is 16.3. The molecule has 106 valence electrons. The van der Waals surface area contributed by atoms with E-state index in [1.54, 1.807) is 11.7 Å². The molecule has 1 fully saturated rings. The first-order valence-corrected chi connectivity index (χ1v) is 7.10. The van der Waals surface area contributed by atoms with Crippen molar-refractivity contribution in [3.63, 3.8) is 0 Å². The third-order valence-corrected chi connectivity index (χ3v) is 3.99. The number of rotatable bonds is 4. The highest BCUT2D eigenvalue weighted by Gasteiger charge is 2.27. The summed E-state index contributed by atoms with van der Waals surface area (Å²) in [5.74, 6) is 0.108. The second-order valence-electron chi connectivity index (χ2n) is 5.31. The molecule has 2 N–H and O–H groups in total. The van der Waals surface area contributed by atoms with E-state index in [0.717, 1.165) is 37.8 Å². The predicted molar refractivity (Wildman–Crippen MR) is 72.9 cm³/mol. The van der Waals surface area contributed by atoms with Crippen LogP contribution < -0.4 is 5.32 Å². The van der Waals surface area contributed by atoms with Gasteiger partial charge in [-0.05, 0) is 25.3 Å². The lowest BCUT2D eigenvalue weighted by molar-refractivity contribution is 0.0863. The third-order valence-electron chi connectivity index (χ3n) is 3.99. The number of aliphatic hydroxyl groups is 1. The van der Waals surface area contributed by atoms with Gasteiger partial charge in [0, 0.05) is 25.6 Å². The van der Waals surface area contributed by atoms with Gasteiger partial charge in [0.25, 0.3) is 5.91 Å². The molecule has 2 atom stereocenters. The normalized spacial score (nSPS) is 23.3. The van der Waals surface area contributed by atoms with Gasteiger partial charge in [-0.25, -0.2) is 0 Å². The van der Waals surface area contributed by atoms with Gasteiger partial charge in [0.05, 0.1) is 5.69 Å². The highest BCUT2D eigenvalue weighted by Crippen LogP contribution is 2.24. The molecule has 1 aliphatic carbocycles. The summed E-state index contributed by atoms with van der Waals surface area (Å²) in [5, 5.41) is 16.7. The van der Waals surface area contributed by atoms with E-state index < -0.39 is 0 Å². The van der Waals surface area contributed by atoms with E-state index in [2.05, 4.69) is 10.4 Å². The molecule has 1 saturated carbocycles. The summed E-state index contributed by atoms with van der Waals surface area (Å²) in [6, 6.07) is 1.93. The molecule has 2 unspecified atom stereocenters. The summed E-state index contributed by atoms with van der Waals surface area (Å²) in [6.45, 7) is 2.17. The van der Waals surface area contributed by atoms with Crippen molar-refractivity contribution in [3.8, 4) is 0 Å². The van der Waals surface area contributed by atoms with Gasteiger partial charge < -0.3 is 10.4 Å². The fourth-order valence-corrected chi connectivity index (χ4v) is 2.77. The number of hydrogen-bond donors (Lipinski definition) is 2. The molecule has 1 aromatic rings. The highest BCUT2D eigenvalue weighted by molar-refractivity contribution is 5.92. The number of amides is 1. The second-order valence-corrected chi connectivity index (χ2v) is 5.31. The topological polar surface area (TPSA) is 67.2 Å². The number of aromatic nitrogens is 2. The number of hydrogen-bond acceptors (Lipinski definition) is 3. The summed E-state index contributed by atoms with van der Waals surface area (Å²) in [7, 11) is 1.79. The third kappa shape index (κ3) is 3.15. The Balaban J connectivity index is 2.05. The predicted octanol–water partition coefficient (Wildman–Crippen LogP) is 1.26. The van der Waals surface area contributed by atoms with E-state index in [1.807, 2.05) is 13.0 Å². The Morgan fingerprint density at radius 2 is 2.26 bits per heavy atom. The average Bonchev–Trinajstić information content (AvgIpc) is 2.80. The molecule has 0 radical (unpaired) electrons. The second kappa shape index (κ2) is 6.19. The SMILES string of the molecule is CCc1cc(C(=O)NC2CCCCC2CO)n(C)n1. The van der Waals surface area contributed by atoms with Crippen molar-refractivity contribution in [1.82, 2.24) is 15.1 Å². The number of aryl methyl sites for hydroxylation is 2. The number of nitrogens with zero attached hydrogens (tertiary/aromatic N) is 2. The van der Waals surface area contributed by atoms with Crippen LogP contribution in [0.2, 0.25) is 0 Å². The van der Waals surface area contributed by atoms with Crippen LogP contribution in [0.5, 0.6) is 0 Å². The smallest absolute Gasteiger partial charge is 0.269 e. The number of aliphatic hydroxyl groups excluding tert-OH is 1. The van der Waals surface area contributed by atoms with Crippen molar-refractivity contribution in [1.29, 1.82) is 0 Å². The van der Waals surface area contributed by atoms with Crippen molar-refractivity contribution in [2.45, 2.75) is 45.1 Å². The van der Waals surface area contributed by atoms with Crippen LogP contribution in [-0.4, -0.2) is 33.4 Å². The van der Waals surface area contributed by atoms with E-state index in [0.29, 0.717) is 5.69 Å². The average molecular weight is 265 g/mol. The quantitative estimate of drug-likeness (QED) is 0.861. The van der Waals surface area contributed by atoms with Crippen LogP contribution in [0.3, 0.4) is 0 Å². The summed E-state index contributed by atoms with van der Waals surface area (Å²) in [6.07, 6.45) is 5.03. The molecule has 19 heavy (non-hydrogen) atoms. The summed E-state index contributed by atoms with van der Waals surface area (Å²) in [5.41, 5.74) is 1.52. The fourth-order valence-electron chi connectivity index (χ4n) is 2.77. The van der Waals surface area contributed by atoms with Crippen LogP contribution in [0.25, 0.3) is 0 Å². The standard InChI is InChI=1S/C14H23N3O2/c1-3-11-8-13(17(2)16-11)14(19)15-12-7-5-4-6-10(12)9-18/h8,10,12,18H,3-7,9H2,1-2H3,(H,15,19). The van der Waals surface area contributed by atoms with Crippen molar-refractivity contribution >= 4 is 5.91 Å². The molecule has 1 heterocycles. The van der Waals surface area contributed by atoms with Gasteiger partial charge in [0.15, 0.2) is 0 Å². The van der Waals surface area contributed by atoms with Gasteiger partial charge in [-0.3, -0.25) is 9.48 Å². The van der Waals surface area contributed by atoms with E-state index in [-0.39, 0.29) is 24.5 Å². The van der Waals surface area contributed by atoms with E-state index in [9.17, 15) is 9.90 Å². The minimum atomic E-state index is -0.0833. The van der Waals surface area contributed by atoms with Gasteiger partial charge in [-0.2, -0.15) is 5.10 Å². The summed E-state index contributed by atoms with van der Waals surface area (Å²) in [4.78, 5) is 12.3. The van der Waals surface area contributed by atoms with E-state index >= 15 is 0 Å². The number of carbonyl (C=O) groups excluding carboxylic acids is 1. The van der Waals surface area contributed by atoms with E-state index in [4.69, 9.17) is 0 Å². The minimum absolute atomic E-state index is 0.0833. The first-order valence-electron chi connectivity index (χ1n) is 7.10. The van der Waals surface area contributed by atoms with Crippen molar-refractivity contribution in [2.75, 3.05) is 6.61 Å². The molecule has 2 rings (SSSR count). The molecule has 5 heteroatoms. The van der Waals surface area contributed by atoms with Crippen LogP contribution in [0, 0.1) is 5.92 Å². The zero-order valence-electron chi connectivity index (χ0n) is 11.7. The molecule has 5 nitrogen and oxygen atoms in total. The maximum absolute atomic E-state index is 12.3. The zero-order chi connectivity index (χ0) is 13.8. The Kier molecular flexibility index (Phi) is 4.58. The lowest BCUT2D eigenvalue weighted by Crippen LogP contribution is -2.43. The summed E-state index contributed by atoms with van der Waals surface area (Å²) >= 11 is 0. The first-order chi connectivity index (χ1) is 9.15. The zero-order valence-corrected chi connectivity index (χ0v) is 11.7. The van der Waals surface area contributed by atoms with Gasteiger partial charge in [0.1, 0.15) is 5.69 Å². The van der Waals surface area contributed by atoms with Crippen LogP contribution in [-0.2, 0) is 13.5 Å². The molecule has 0 spiro atoms. The fraction of sp³-hybridized carbons (Fsp3) is 0.714. The molecular weight excluding hydrogens is 242 g/mol. The van der Waals surface area contributed by atoms with Crippen LogP contribution >= 0.6 is 0 Å². The van der Waals surface area contributed by atoms with Gasteiger partial charge in [0.2, 0.25) is 0 Å². The number of carbonyl (C=O) groups is 1. The monoisotopic (exact) mass is 265 g/mol. The molecule has 1 aliphatic rings. The van der Waals surface area contributed by atoms with Gasteiger partial charge in [-0.15, -0.1) is 0 Å². The van der Waals surface area contributed by atoms with Crippen molar-refractivity contribution in [2.24, 2.45) is 13.0 Å². The van der Waals surface area contributed by atoms with Crippen LogP contribution in [0.1, 0.15) is 48.8 Å². The first kappa shape index (κ1) is 14.1. The Morgan fingerprint density at radius 1 is 1.53 bits per heavy atom. The lowest BCUT2D eigenvalue weighted by Gasteiger charge is -2.30. The molecule has 1 amide bonds. The Labute approximate surface area is 114 Å². The van der Waals surface area contributed by atoms with Crippen LogP contribution in [0.15, 0.2) is 6.07 Å². The molecule has 0 aliphatic heterocycles. The number of nitrogens with one attached hydrogen (secondary N) is 1. The maximum atomic E-state index is 12.3. The molecule has 0 aromatic carbocycles. The Bertz CT molecular complexity index is 442. The van der Waals surface area contributed by atoms with Crippen molar-refractivity contribution in [3.05, 3.63) is 17.5 Å². The molecule has 0 bridgehead atoms. The van der Waals surface area contributed by atoms with E-state index in [1.165, 1.54) is 0 Å². The van der Waals surface area contributed by atoms with Crippen LogP contribution in [0.4, 0.5) is 0 Å². The molecular formula is C14H23N3O2. The molecule has 0 saturated heterocycles. The minimum Gasteiger partial charge on any atom is -0.396 e. The Morgan fingerprint density at radius 3 is 2.89 bits per heavy atom. The van der Waals surface area contributed by atoms with Gasteiger partial charge >= 0.3 is 0 Å². The summed E-state index contributed by atoms with van der Waals surface area (Å²) < 4.78 is 1.63. The van der Waals surface area contributed by atoms with Gasteiger partial charge in [-0.1, -0.05) is 19.8 Å². The Hall–Kier alpha value is -1.36. The maximum Gasteiger partial charge on any atom is 0.269 e. The lowest BCUT2D eigenvalue weighted by atomic mass is 9.85. The molecule has 1 aromatic heterocycles.